The topological polar surface area (TPSA) is 59.0 Å². The summed E-state index contributed by atoms with van der Waals surface area (Å²) >= 11 is 0. The Labute approximate surface area is 173 Å². The zero-order valence-electron chi connectivity index (χ0n) is 16.7. The van der Waals surface area contributed by atoms with E-state index < -0.39 is 0 Å². The predicted molar refractivity (Wildman–Crippen MR) is 112 cm³/mol. The van der Waals surface area contributed by atoms with Crippen molar-refractivity contribution in [2.75, 3.05) is 13.1 Å². The summed E-state index contributed by atoms with van der Waals surface area (Å²) in [6.45, 7) is 5.81. The van der Waals surface area contributed by atoms with E-state index in [9.17, 15) is 4.79 Å². The summed E-state index contributed by atoms with van der Waals surface area (Å²) in [4.78, 5) is 28.6. The zero-order chi connectivity index (χ0) is 18.8. The fourth-order valence-corrected chi connectivity index (χ4v) is 4.09. The first-order valence-corrected chi connectivity index (χ1v) is 10.3. The van der Waals surface area contributed by atoms with Crippen LogP contribution in [0.3, 0.4) is 0 Å². The van der Waals surface area contributed by atoms with Crippen LogP contribution in [-0.2, 0) is 4.79 Å². The van der Waals surface area contributed by atoms with Crippen molar-refractivity contribution in [3.63, 3.8) is 0 Å². The van der Waals surface area contributed by atoms with E-state index in [0.29, 0.717) is 11.8 Å². The fourth-order valence-electron chi connectivity index (χ4n) is 4.09. The van der Waals surface area contributed by atoms with Gasteiger partial charge in [0.15, 0.2) is 0 Å². The zero-order valence-corrected chi connectivity index (χ0v) is 17.5. The molecule has 2 aliphatic rings. The Morgan fingerprint density at radius 1 is 1.14 bits per heavy atom. The Hall–Kier alpha value is -2.01. The average Bonchev–Trinajstić information content (AvgIpc) is 3.45. The molecule has 150 valence electrons. The lowest BCUT2D eigenvalue weighted by Crippen LogP contribution is -2.34. The van der Waals surface area contributed by atoms with Gasteiger partial charge in [-0.05, 0) is 49.8 Å². The Morgan fingerprint density at radius 3 is 2.50 bits per heavy atom. The van der Waals surface area contributed by atoms with Crippen LogP contribution in [0.4, 0.5) is 0 Å². The van der Waals surface area contributed by atoms with Crippen LogP contribution in [0.25, 0.3) is 11.1 Å². The van der Waals surface area contributed by atoms with Gasteiger partial charge in [0.05, 0.1) is 5.69 Å². The number of aromatic nitrogens is 3. The van der Waals surface area contributed by atoms with Crippen LogP contribution >= 0.6 is 12.4 Å². The first kappa shape index (κ1) is 20.7. The third-order valence-electron chi connectivity index (χ3n) is 5.99. The lowest BCUT2D eigenvalue weighted by molar-refractivity contribution is -0.134. The first-order chi connectivity index (χ1) is 13.2. The number of pyridine rings is 1. The molecule has 28 heavy (non-hydrogen) atoms. The first-order valence-electron chi connectivity index (χ1n) is 10.3. The minimum Gasteiger partial charge on any atom is -0.342 e. The van der Waals surface area contributed by atoms with Crippen molar-refractivity contribution >= 4 is 18.3 Å². The van der Waals surface area contributed by atoms with Gasteiger partial charge in [-0.2, -0.15) is 0 Å². The molecule has 1 aliphatic heterocycles. The van der Waals surface area contributed by atoms with E-state index in [2.05, 4.69) is 28.7 Å². The maximum atomic E-state index is 12.8. The number of carbonyl (C=O) groups is 1. The fraction of sp³-hybridized carbons (Fsp3) is 0.545. The molecular formula is C22H29ClN4O. The summed E-state index contributed by atoms with van der Waals surface area (Å²) in [6, 6.07) is 4.03. The van der Waals surface area contributed by atoms with Crippen molar-refractivity contribution in [2.24, 2.45) is 5.92 Å². The highest BCUT2D eigenvalue weighted by molar-refractivity contribution is 5.85. The Morgan fingerprint density at radius 2 is 1.86 bits per heavy atom. The largest absolute Gasteiger partial charge is 0.342 e. The van der Waals surface area contributed by atoms with Gasteiger partial charge in [-0.15, -0.1) is 12.4 Å². The third-order valence-corrected chi connectivity index (χ3v) is 5.99. The van der Waals surface area contributed by atoms with E-state index in [0.717, 1.165) is 55.0 Å². The molecule has 1 aliphatic carbocycles. The number of halogens is 1. The number of carbonyl (C=O) groups excluding carboxylic acids is 1. The predicted octanol–water partition coefficient (Wildman–Crippen LogP) is 4.59. The summed E-state index contributed by atoms with van der Waals surface area (Å²) in [7, 11) is 0. The normalized spacial score (nSPS) is 19.0. The molecular weight excluding hydrogens is 372 g/mol. The van der Waals surface area contributed by atoms with Crippen LogP contribution in [0.15, 0.2) is 30.7 Å². The summed E-state index contributed by atoms with van der Waals surface area (Å²) in [5, 5.41) is 0. The van der Waals surface area contributed by atoms with E-state index in [1.54, 1.807) is 0 Å². The smallest absolute Gasteiger partial charge is 0.225 e. The number of nitrogens with zero attached hydrogens (tertiary/aromatic N) is 4. The van der Waals surface area contributed by atoms with Crippen molar-refractivity contribution in [1.29, 1.82) is 0 Å². The van der Waals surface area contributed by atoms with Crippen molar-refractivity contribution in [3.8, 4) is 11.1 Å². The van der Waals surface area contributed by atoms with Gasteiger partial charge in [0.2, 0.25) is 5.91 Å². The molecule has 0 aromatic carbocycles. The molecule has 0 spiro atoms. The van der Waals surface area contributed by atoms with Crippen molar-refractivity contribution in [3.05, 3.63) is 42.2 Å². The molecule has 0 N–H and O–H groups in total. The number of rotatable bonds is 6. The molecule has 1 saturated heterocycles. The third kappa shape index (κ3) is 4.19. The molecule has 6 heteroatoms. The summed E-state index contributed by atoms with van der Waals surface area (Å²) in [5.74, 6) is 2.25. The summed E-state index contributed by atoms with van der Waals surface area (Å²) in [6.07, 6.45) is 10.8. The van der Waals surface area contributed by atoms with Crippen molar-refractivity contribution in [2.45, 2.75) is 57.8 Å². The van der Waals surface area contributed by atoms with Gasteiger partial charge in [0.25, 0.3) is 0 Å². The highest BCUT2D eigenvalue weighted by atomic mass is 35.5. The number of likely N-dealkylation sites (tertiary alicyclic amines) is 1. The molecule has 1 atom stereocenters. The average molecular weight is 401 g/mol. The maximum Gasteiger partial charge on any atom is 0.225 e. The summed E-state index contributed by atoms with van der Waals surface area (Å²) < 4.78 is 0. The lowest BCUT2D eigenvalue weighted by atomic mass is 9.96. The number of hydrogen-bond donors (Lipinski definition) is 0. The molecule has 1 saturated carbocycles. The second kappa shape index (κ2) is 8.99. The molecule has 2 aromatic rings. The Kier molecular flexibility index (Phi) is 6.65. The molecule has 1 amide bonds. The second-order valence-electron chi connectivity index (χ2n) is 7.82. The highest BCUT2D eigenvalue weighted by Gasteiger charge is 2.34. The van der Waals surface area contributed by atoms with Gasteiger partial charge in [0, 0.05) is 55.0 Å². The van der Waals surface area contributed by atoms with Crippen molar-refractivity contribution in [1.82, 2.24) is 19.9 Å². The van der Waals surface area contributed by atoms with Crippen molar-refractivity contribution < 1.29 is 4.79 Å². The molecule has 5 nitrogen and oxygen atoms in total. The number of amides is 1. The minimum atomic E-state index is 0. The Balaban J connectivity index is 0.00000225. The second-order valence-corrected chi connectivity index (χ2v) is 7.82. The molecule has 4 rings (SSSR count). The van der Waals surface area contributed by atoms with Crippen LogP contribution in [0, 0.1) is 5.92 Å². The standard InChI is InChI=1S/C22H28N4O.ClH/c1-3-15(4-2)22(27)26-12-9-18(14-26)20-19(16-7-10-23-11-8-16)13-24-21(25-20)17-5-6-17;/h7-8,10-11,13,15,17-18H,3-6,9,12,14H2,1-2H3;1H. The maximum absolute atomic E-state index is 12.8. The molecule has 1 unspecified atom stereocenters. The van der Waals surface area contributed by atoms with Crippen LogP contribution in [0.1, 0.15) is 69.3 Å². The van der Waals surface area contributed by atoms with E-state index in [1.807, 2.05) is 30.7 Å². The minimum absolute atomic E-state index is 0. The van der Waals surface area contributed by atoms with Crippen LogP contribution in [0.2, 0.25) is 0 Å². The number of hydrogen-bond acceptors (Lipinski definition) is 4. The SMILES string of the molecule is CCC(CC)C(=O)N1CCC(c2nc(C3CC3)ncc2-c2ccncc2)C1.Cl. The van der Waals surface area contributed by atoms with Crippen LogP contribution < -0.4 is 0 Å². The van der Waals surface area contributed by atoms with Gasteiger partial charge in [-0.1, -0.05) is 13.8 Å². The molecule has 2 fully saturated rings. The summed E-state index contributed by atoms with van der Waals surface area (Å²) in [5.41, 5.74) is 3.30. The highest BCUT2D eigenvalue weighted by Crippen LogP contribution is 2.40. The quantitative estimate of drug-likeness (QED) is 0.711. The van der Waals surface area contributed by atoms with Crippen LogP contribution in [-0.4, -0.2) is 38.8 Å². The van der Waals surface area contributed by atoms with Gasteiger partial charge in [-0.25, -0.2) is 9.97 Å². The molecule has 2 aromatic heterocycles. The van der Waals surface area contributed by atoms with Gasteiger partial charge in [0.1, 0.15) is 5.82 Å². The van der Waals surface area contributed by atoms with Gasteiger partial charge in [-0.3, -0.25) is 9.78 Å². The Bertz CT molecular complexity index is 805. The van der Waals surface area contributed by atoms with Gasteiger partial charge >= 0.3 is 0 Å². The van der Waals surface area contributed by atoms with E-state index in [4.69, 9.17) is 4.98 Å². The van der Waals surface area contributed by atoms with E-state index in [-0.39, 0.29) is 24.2 Å². The lowest BCUT2D eigenvalue weighted by Gasteiger charge is -2.22. The van der Waals surface area contributed by atoms with E-state index >= 15 is 0 Å². The van der Waals surface area contributed by atoms with Crippen LogP contribution in [0.5, 0.6) is 0 Å². The molecule has 3 heterocycles. The van der Waals surface area contributed by atoms with Gasteiger partial charge < -0.3 is 4.90 Å². The van der Waals surface area contributed by atoms with E-state index in [1.165, 1.54) is 12.8 Å². The molecule has 0 radical (unpaired) electrons. The molecule has 0 bridgehead atoms. The monoisotopic (exact) mass is 400 g/mol.